The zero-order valence-electron chi connectivity index (χ0n) is 18.0. The van der Waals surface area contributed by atoms with Crippen LogP contribution in [0.15, 0.2) is 54.6 Å². The number of rotatable bonds is 11. The summed E-state index contributed by atoms with van der Waals surface area (Å²) in [5.74, 6) is -0.714. The standard InChI is InChI=1S/C25H30N2O4/c1-2-3-4-5-6-12-17-31-18-22(28)23-20-15-10-11-16-21(20)27(24(23)29)25(30)26-19-13-8-7-9-14-19/h7-11,13-16,29H,2-6,12,17-18H2,1H3,(H,26,30). The maximum absolute atomic E-state index is 12.8. The van der Waals surface area contributed by atoms with E-state index in [2.05, 4.69) is 12.2 Å². The molecule has 0 unspecified atom stereocenters. The summed E-state index contributed by atoms with van der Waals surface area (Å²) in [5.41, 5.74) is 1.18. The molecule has 31 heavy (non-hydrogen) atoms. The number of benzene rings is 2. The summed E-state index contributed by atoms with van der Waals surface area (Å²) in [4.78, 5) is 25.7. The van der Waals surface area contributed by atoms with Crippen molar-refractivity contribution < 1.29 is 19.4 Å². The SMILES string of the molecule is CCCCCCCCOCC(=O)c1c(O)n(C(=O)Nc2ccccc2)c2ccccc12. The molecule has 1 aromatic heterocycles. The number of nitrogens with zero attached hydrogens (tertiary/aromatic N) is 1. The average Bonchev–Trinajstić information content (AvgIpc) is 3.08. The molecule has 6 nitrogen and oxygen atoms in total. The van der Waals surface area contributed by atoms with E-state index >= 15 is 0 Å². The molecule has 0 aliphatic heterocycles. The van der Waals surface area contributed by atoms with E-state index in [1.54, 1.807) is 48.5 Å². The summed E-state index contributed by atoms with van der Waals surface area (Å²) in [6, 6.07) is 15.4. The maximum atomic E-state index is 12.8. The second-order valence-corrected chi connectivity index (χ2v) is 7.59. The number of ketones is 1. The van der Waals surface area contributed by atoms with Gasteiger partial charge < -0.3 is 15.2 Å². The molecule has 1 heterocycles. The van der Waals surface area contributed by atoms with Crippen molar-refractivity contribution in [1.82, 2.24) is 4.57 Å². The molecule has 0 fully saturated rings. The Morgan fingerprint density at radius 2 is 1.61 bits per heavy atom. The predicted molar refractivity (Wildman–Crippen MR) is 123 cm³/mol. The van der Waals surface area contributed by atoms with Gasteiger partial charge in [0.25, 0.3) is 0 Å². The molecule has 0 saturated heterocycles. The first-order chi connectivity index (χ1) is 15.1. The Kier molecular flexibility index (Phi) is 8.24. The van der Waals surface area contributed by atoms with Crippen LogP contribution in [0.1, 0.15) is 55.8 Å². The lowest BCUT2D eigenvalue weighted by atomic mass is 10.1. The molecule has 3 aromatic rings. The van der Waals surface area contributed by atoms with Gasteiger partial charge in [-0.15, -0.1) is 0 Å². The number of Topliss-reactive ketones (excluding diaryl/α,β-unsaturated/α-hetero) is 1. The molecule has 2 aromatic carbocycles. The Labute approximate surface area is 182 Å². The molecule has 1 amide bonds. The minimum atomic E-state index is -0.535. The molecular formula is C25H30N2O4. The van der Waals surface area contributed by atoms with Gasteiger partial charge in [0.1, 0.15) is 6.61 Å². The highest BCUT2D eigenvalue weighted by Crippen LogP contribution is 2.32. The fraction of sp³-hybridized carbons (Fsp3) is 0.360. The van der Waals surface area contributed by atoms with Gasteiger partial charge in [-0.05, 0) is 24.6 Å². The van der Waals surface area contributed by atoms with Gasteiger partial charge in [0, 0.05) is 17.7 Å². The van der Waals surface area contributed by atoms with Crippen LogP contribution in [0.2, 0.25) is 0 Å². The lowest BCUT2D eigenvalue weighted by Crippen LogP contribution is -2.19. The second-order valence-electron chi connectivity index (χ2n) is 7.59. The van der Waals surface area contributed by atoms with Crippen LogP contribution in [-0.4, -0.2) is 34.7 Å². The zero-order chi connectivity index (χ0) is 22.1. The third kappa shape index (κ3) is 5.73. The van der Waals surface area contributed by atoms with Crippen LogP contribution in [0, 0.1) is 0 Å². The number of nitrogens with one attached hydrogen (secondary N) is 1. The topological polar surface area (TPSA) is 80.6 Å². The van der Waals surface area contributed by atoms with Crippen molar-refractivity contribution in [3.05, 3.63) is 60.2 Å². The Morgan fingerprint density at radius 1 is 0.935 bits per heavy atom. The average molecular weight is 423 g/mol. The van der Waals surface area contributed by atoms with E-state index in [9.17, 15) is 14.7 Å². The minimum absolute atomic E-state index is 0.113. The van der Waals surface area contributed by atoms with Gasteiger partial charge in [-0.25, -0.2) is 9.36 Å². The molecule has 0 bridgehead atoms. The highest BCUT2D eigenvalue weighted by Gasteiger charge is 2.25. The number of hydrogen-bond donors (Lipinski definition) is 2. The minimum Gasteiger partial charge on any atom is -0.494 e. The monoisotopic (exact) mass is 422 g/mol. The molecule has 0 aliphatic rings. The molecule has 0 spiro atoms. The number of aromatic hydroxyl groups is 1. The van der Waals surface area contributed by atoms with Crippen molar-refractivity contribution in [2.75, 3.05) is 18.5 Å². The van der Waals surface area contributed by atoms with E-state index in [0.29, 0.717) is 23.2 Å². The first-order valence-corrected chi connectivity index (χ1v) is 10.9. The second kappa shape index (κ2) is 11.3. The summed E-state index contributed by atoms with van der Waals surface area (Å²) in [6.45, 7) is 2.56. The van der Waals surface area contributed by atoms with Crippen LogP contribution in [0.25, 0.3) is 10.9 Å². The van der Waals surface area contributed by atoms with E-state index < -0.39 is 6.03 Å². The van der Waals surface area contributed by atoms with Gasteiger partial charge in [0.2, 0.25) is 5.88 Å². The fourth-order valence-corrected chi connectivity index (χ4v) is 3.63. The number of anilines is 1. The molecule has 2 N–H and O–H groups in total. The van der Waals surface area contributed by atoms with E-state index in [0.717, 1.165) is 17.4 Å². The summed E-state index contributed by atoms with van der Waals surface area (Å²) in [5, 5.41) is 14.1. The Morgan fingerprint density at radius 3 is 2.39 bits per heavy atom. The number of para-hydroxylation sites is 2. The van der Waals surface area contributed by atoms with Crippen LogP contribution in [-0.2, 0) is 4.74 Å². The molecule has 164 valence electrons. The molecule has 0 atom stereocenters. The van der Waals surface area contributed by atoms with Crippen molar-refractivity contribution in [3.63, 3.8) is 0 Å². The van der Waals surface area contributed by atoms with Crippen molar-refractivity contribution in [1.29, 1.82) is 0 Å². The van der Waals surface area contributed by atoms with Crippen molar-refractivity contribution >= 4 is 28.4 Å². The van der Waals surface area contributed by atoms with Gasteiger partial charge in [0.15, 0.2) is 5.78 Å². The van der Waals surface area contributed by atoms with Crippen molar-refractivity contribution in [2.45, 2.75) is 45.4 Å². The van der Waals surface area contributed by atoms with E-state index in [1.165, 1.54) is 25.7 Å². The van der Waals surface area contributed by atoms with E-state index in [-0.39, 0.29) is 23.8 Å². The normalized spacial score (nSPS) is 11.0. The van der Waals surface area contributed by atoms with Gasteiger partial charge in [-0.2, -0.15) is 0 Å². The lowest BCUT2D eigenvalue weighted by Gasteiger charge is -2.08. The highest BCUT2D eigenvalue weighted by molar-refractivity contribution is 6.14. The molecule has 3 rings (SSSR count). The number of fused-ring (bicyclic) bond motifs is 1. The Bertz CT molecular complexity index is 1010. The van der Waals surface area contributed by atoms with Gasteiger partial charge >= 0.3 is 6.03 Å². The smallest absolute Gasteiger partial charge is 0.333 e. The van der Waals surface area contributed by atoms with Crippen LogP contribution < -0.4 is 5.32 Å². The number of aromatic nitrogens is 1. The van der Waals surface area contributed by atoms with Crippen LogP contribution in [0.3, 0.4) is 0 Å². The number of amides is 1. The molecule has 0 aliphatic carbocycles. The van der Waals surface area contributed by atoms with E-state index in [4.69, 9.17) is 4.74 Å². The summed E-state index contributed by atoms with van der Waals surface area (Å²) < 4.78 is 6.68. The van der Waals surface area contributed by atoms with Crippen LogP contribution in [0.5, 0.6) is 5.88 Å². The quantitative estimate of drug-likeness (QED) is 0.294. The molecule has 6 heteroatoms. The number of ether oxygens (including phenoxy) is 1. The Hall–Kier alpha value is -3.12. The largest absolute Gasteiger partial charge is 0.494 e. The summed E-state index contributed by atoms with van der Waals surface area (Å²) >= 11 is 0. The fourth-order valence-electron chi connectivity index (χ4n) is 3.63. The summed E-state index contributed by atoms with van der Waals surface area (Å²) in [7, 11) is 0. The highest BCUT2D eigenvalue weighted by atomic mass is 16.5. The van der Waals surface area contributed by atoms with Gasteiger partial charge in [-0.3, -0.25) is 4.79 Å². The first-order valence-electron chi connectivity index (χ1n) is 10.9. The molecular weight excluding hydrogens is 392 g/mol. The predicted octanol–water partition coefficient (Wildman–Crippen LogP) is 5.99. The lowest BCUT2D eigenvalue weighted by molar-refractivity contribution is 0.0751. The number of carbonyl (C=O) groups is 2. The first kappa shape index (κ1) is 22.6. The van der Waals surface area contributed by atoms with E-state index in [1.807, 2.05) is 6.07 Å². The molecule has 0 radical (unpaired) electrons. The van der Waals surface area contributed by atoms with Crippen LogP contribution in [0.4, 0.5) is 10.5 Å². The third-order valence-corrected chi connectivity index (χ3v) is 5.23. The Balaban J connectivity index is 1.69. The van der Waals surface area contributed by atoms with Gasteiger partial charge in [0.05, 0.1) is 11.1 Å². The van der Waals surface area contributed by atoms with Crippen molar-refractivity contribution in [3.8, 4) is 5.88 Å². The zero-order valence-corrected chi connectivity index (χ0v) is 18.0. The maximum Gasteiger partial charge on any atom is 0.333 e. The number of hydrogen-bond acceptors (Lipinski definition) is 4. The van der Waals surface area contributed by atoms with Gasteiger partial charge in [-0.1, -0.05) is 75.4 Å². The third-order valence-electron chi connectivity index (χ3n) is 5.23. The number of unbranched alkanes of at least 4 members (excludes halogenated alkanes) is 5. The number of carbonyl (C=O) groups excluding carboxylic acids is 2. The van der Waals surface area contributed by atoms with Crippen LogP contribution >= 0.6 is 0 Å². The molecule has 0 saturated carbocycles. The summed E-state index contributed by atoms with van der Waals surface area (Å²) in [6.07, 6.45) is 6.86. The van der Waals surface area contributed by atoms with Crippen molar-refractivity contribution in [2.24, 2.45) is 0 Å².